The second kappa shape index (κ2) is 5.37. The lowest BCUT2D eigenvalue weighted by Gasteiger charge is -2.26. The third-order valence-electron chi connectivity index (χ3n) is 2.50. The van der Waals surface area contributed by atoms with Crippen molar-refractivity contribution < 1.29 is 0 Å². The molecule has 84 valence electrons. The summed E-state index contributed by atoms with van der Waals surface area (Å²) in [6.45, 7) is 5.72. The topological polar surface area (TPSA) is 51.3 Å². The van der Waals surface area contributed by atoms with Crippen LogP contribution in [0, 0.1) is 0 Å². The predicted octanol–water partition coefficient (Wildman–Crippen LogP) is 2.07. The first-order valence-corrected chi connectivity index (χ1v) is 5.07. The molecule has 1 aromatic rings. The van der Waals surface area contributed by atoms with E-state index in [9.17, 15) is 0 Å². The van der Waals surface area contributed by atoms with Crippen molar-refractivity contribution in [3.05, 3.63) is 54.4 Å². The van der Waals surface area contributed by atoms with E-state index in [0.29, 0.717) is 0 Å². The fraction of sp³-hybridized carbons (Fsp3) is 0.231. The molecule has 0 aliphatic heterocycles. The zero-order valence-electron chi connectivity index (χ0n) is 9.72. The Hall–Kier alpha value is -1.74. The van der Waals surface area contributed by atoms with E-state index in [4.69, 9.17) is 5.73 Å². The van der Waals surface area contributed by atoms with Gasteiger partial charge in [-0.05, 0) is 36.3 Å². The minimum absolute atomic E-state index is 0.578. The minimum atomic E-state index is -0.578. The lowest BCUT2D eigenvalue weighted by molar-refractivity contribution is 0.601. The molecule has 2 N–H and O–H groups in total. The second-order valence-corrected chi connectivity index (χ2v) is 3.67. The molecular weight excluding hydrogens is 198 g/mol. The van der Waals surface area contributed by atoms with Gasteiger partial charge in [-0.1, -0.05) is 12.7 Å². The molecule has 0 fully saturated rings. The van der Waals surface area contributed by atoms with E-state index in [1.165, 1.54) is 0 Å². The fourth-order valence-electron chi connectivity index (χ4n) is 1.47. The van der Waals surface area contributed by atoms with Crippen LogP contribution in [-0.4, -0.2) is 18.2 Å². The van der Waals surface area contributed by atoms with E-state index < -0.39 is 5.54 Å². The summed E-state index contributed by atoms with van der Waals surface area (Å²) in [6.07, 6.45) is 8.79. The molecule has 1 unspecified atom stereocenters. The Labute approximate surface area is 96.4 Å². The largest absolute Gasteiger partial charge is 0.318 e. The fourth-order valence-corrected chi connectivity index (χ4v) is 1.47. The maximum Gasteiger partial charge on any atom is 0.0638 e. The Morgan fingerprint density at radius 3 is 2.62 bits per heavy atom. The highest BCUT2D eigenvalue weighted by atomic mass is 14.7. The van der Waals surface area contributed by atoms with Crippen LogP contribution in [0.4, 0.5) is 0 Å². The number of nitrogens with zero attached hydrogens (tertiary/aromatic N) is 2. The standard InChI is InChI=1S/C13H17N3/c1-4-11(5-8-15-3)13(2,14)12-6-9-16-10-7-12/h4-10H,1,14H2,2-3H3/b11-5+,15-8?. The van der Waals surface area contributed by atoms with Gasteiger partial charge in [-0.3, -0.25) is 9.98 Å². The van der Waals surface area contributed by atoms with E-state index >= 15 is 0 Å². The SMILES string of the molecule is C=C/C(=C\C=NC)C(C)(N)c1ccncc1. The number of aliphatic imine (C=N–C) groups is 1. The maximum absolute atomic E-state index is 6.30. The van der Waals surface area contributed by atoms with Crippen molar-refractivity contribution in [1.29, 1.82) is 0 Å². The van der Waals surface area contributed by atoms with E-state index in [0.717, 1.165) is 11.1 Å². The molecule has 0 amide bonds. The van der Waals surface area contributed by atoms with Crippen molar-refractivity contribution in [3.8, 4) is 0 Å². The maximum atomic E-state index is 6.30. The highest BCUT2D eigenvalue weighted by Crippen LogP contribution is 2.25. The molecule has 3 heteroatoms. The Morgan fingerprint density at radius 2 is 2.12 bits per heavy atom. The average molecular weight is 215 g/mol. The number of pyridine rings is 1. The van der Waals surface area contributed by atoms with Crippen molar-refractivity contribution in [2.45, 2.75) is 12.5 Å². The quantitative estimate of drug-likeness (QED) is 0.617. The van der Waals surface area contributed by atoms with Gasteiger partial charge >= 0.3 is 0 Å². The van der Waals surface area contributed by atoms with Crippen molar-refractivity contribution in [1.82, 2.24) is 4.98 Å². The molecule has 16 heavy (non-hydrogen) atoms. The number of hydrogen-bond acceptors (Lipinski definition) is 3. The third kappa shape index (κ3) is 2.64. The van der Waals surface area contributed by atoms with Crippen LogP contribution < -0.4 is 5.73 Å². The molecule has 0 spiro atoms. The van der Waals surface area contributed by atoms with Crippen LogP contribution in [0.2, 0.25) is 0 Å². The smallest absolute Gasteiger partial charge is 0.0638 e. The van der Waals surface area contributed by atoms with Gasteiger partial charge in [0.1, 0.15) is 0 Å². The van der Waals surface area contributed by atoms with Crippen molar-refractivity contribution in [2.24, 2.45) is 10.7 Å². The summed E-state index contributed by atoms with van der Waals surface area (Å²) in [5.41, 5.74) is 7.65. The predicted molar refractivity (Wildman–Crippen MR) is 68.5 cm³/mol. The van der Waals surface area contributed by atoms with Gasteiger partial charge in [0.2, 0.25) is 0 Å². The van der Waals surface area contributed by atoms with Gasteiger partial charge < -0.3 is 5.73 Å². The lowest BCUT2D eigenvalue weighted by Crippen LogP contribution is -2.34. The lowest BCUT2D eigenvalue weighted by atomic mass is 9.85. The molecule has 0 aliphatic carbocycles. The summed E-state index contributed by atoms with van der Waals surface area (Å²) in [4.78, 5) is 7.89. The molecule has 3 nitrogen and oxygen atoms in total. The van der Waals surface area contributed by atoms with E-state index in [1.807, 2.05) is 25.1 Å². The monoisotopic (exact) mass is 215 g/mol. The van der Waals surface area contributed by atoms with E-state index in [-0.39, 0.29) is 0 Å². The molecule has 0 saturated carbocycles. The Kier molecular flexibility index (Phi) is 4.14. The van der Waals surface area contributed by atoms with Gasteiger partial charge in [-0.2, -0.15) is 0 Å². The number of aromatic nitrogens is 1. The third-order valence-corrected chi connectivity index (χ3v) is 2.50. The first kappa shape index (κ1) is 12.3. The van der Waals surface area contributed by atoms with Crippen molar-refractivity contribution in [2.75, 3.05) is 7.05 Å². The van der Waals surface area contributed by atoms with Crippen LogP contribution in [0.15, 0.2) is 53.8 Å². The van der Waals surface area contributed by atoms with Gasteiger partial charge in [0.15, 0.2) is 0 Å². The summed E-state index contributed by atoms with van der Waals surface area (Å²) in [5.74, 6) is 0. The van der Waals surface area contributed by atoms with Crippen LogP contribution in [-0.2, 0) is 5.54 Å². The number of hydrogen-bond donors (Lipinski definition) is 1. The first-order chi connectivity index (χ1) is 7.62. The molecule has 0 aromatic carbocycles. The number of rotatable bonds is 4. The minimum Gasteiger partial charge on any atom is -0.318 e. The van der Waals surface area contributed by atoms with Gasteiger partial charge in [-0.15, -0.1) is 0 Å². The molecule has 1 atom stereocenters. The highest BCUT2D eigenvalue weighted by molar-refractivity contribution is 5.73. The molecule has 1 heterocycles. The molecule has 1 aromatic heterocycles. The van der Waals surface area contributed by atoms with Crippen molar-refractivity contribution >= 4 is 6.21 Å². The normalized spacial score (nSPS) is 16.1. The zero-order valence-corrected chi connectivity index (χ0v) is 9.72. The Morgan fingerprint density at radius 1 is 1.50 bits per heavy atom. The second-order valence-electron chi connectivity index (χ2n) is 3.67. The summed E-state index contributed by atoms with van der Waals surface area (Å²) >= 11 is 0. The van der Waals surface area contributed by atoms with Crippen LogP contribution in [0.25, 0.3) is 0 Å². The molecule has 0 saturated heterocycles. The Balaban J connectivity index is 3.13. The van der Waals surface area contributed by atoms with Gasteiger partial charge in [0.05, 0.1) is 5.54 Å². The molecule has 1 rings (SSSR count). The zero-order chi connectivity index (χ0) is 12.0. The van der Waals surface area contributed by atoms with E-state index in [2.05, 4.69) is 16.6 Å². The highest BCUT2D eigenvalue weighted by Gasteiger charge is 2.23. The summed E-state index contributed by atoms with van der Waals surface area (Å²) < 4.78 is 0. The summed E-state index contributed by atoms with van der Waals surface area (Å²) in [5, 5.41) is 0. The first-order valence-electron chi connectivity index (χ1n) is 5.07. The molecular formula is C13H17N3. The Bertz CT molecular complexity index is 402. The summed E-state index contributed by atoms with van der Waals surface area (Å²) in [6, 6.07) is 3.81. The van der Waals surface area contributed by atoms with Crippen LogP contribution in [0.3, 0.4) is 0 Å². The van der Waals surface area contributed by atoms with Crippen molar-refractivity contribution in [3.63, 3.8) is 0 Å². The van der Waals surface area contributed by atoms with Gasteiger partial charge in [0.25, 0.3) is 0 Å². The van der Waals surface area contributed by atoms with Crippen LogP contribution in [0.5, 0.6) is 0 Å². The number of allylic oxidation sites excluding steroid dienone is 1. The van der Waals surface area contributed by atoms with Crippen LogP contribution in [0.1, 0.15) is 12.5 Å². The molecule has 0 bridgehead atoms. The van der Waals surface area contributed by atoms with Gasteiger partial charge in [-0.25, -0.2) is 0 Å². The summed E-state index contributed by atoms with van der Waals surface area (Å²) in [7, 11) is 1.72. The van der Waals surface area contributed by atoms with Crippen LogP contribution >= 0.6 is 0 Å². The number of nitrogens with two attached hydrogens (primary N) is 1. The molecule has 0 aliphatic rings. The average Bonchev–Trinajstić information content (AvgIpc) is 2.31. The van der Waals surface area contributed by atoms with Gasteiger partial charge in [0, 0.05) is 25.7 Å². The molecule has 0 radical (unpaired) electrons. The van der Waals surface area contributed by atoms with E-state index in [1.54, 1.807) is 31.7 Å².